The number of allylic oxidation sites excluding steroid dienone is 22. The predicted molar refractivity (Wildman–Crippen MR) is 255 cm³/mol. The van der Waals surface area contributed by atoms with Crippen molar-refractivity contribution in [3.63, 3.8) is 0 Å². The third-order valence-corrected chi connectivity index (χ3v) is 9.58. The zero-order valence-electron chi connectivity index (χ0n) is 38.1. The number of ether oxygens (including phenoxy) is 4. The lowest BCUT2D eigenvalue weighted by molar-refractivity contribution is -0.305. The summed E-state index contributed by atoms with van der Waals surface area (Å²) < 4.78 is 22.7. The number of aliphatic hydroxyl groups is 4. The van der Waals surface area contributed by atoms with Crippen LogP contribution >= 0.6 is 0 Å². The van der Waals surface area contributed by atoms with Crippen molar-refractivity contribution in [3.05, 3.63) is 134 Å². The lowest BCUT2D eigenvalue weighted by Gasteiger charge is -2.39. The number of carbonyl (C=O) groups excluding carboxylic acids is 1. The summed E-state index contributed by atoms with van der Waals surface area (Å²) in [6, 6.07) is 0. The van der Waals surface area contributed by atoms with Crippen LogP contribution < -0.4 is 0 Å². The normalized spacial score (nSPS) is 21.0. The van der Waals surface area contributed by atoms with Crippen LogP contribution in [0.4, 0.5) is 0 Å². The van der Waals surface area contributed by atoms with Gasteiger partial charge in [-0.3, -0.25) is 4.79 Å². The first-order valence-corrected chi connectivity index (χ1v) is 23.3. The van der Waals surface area contributed by atoms with Crippen LogP contribution in [0.2, 0.25) is 0 Å². The molecule has 0 aliphatic carbocycles. The number of esters is 1. The SMILES string of the molecule is CC/C=C\C/C=C\C/C=C\C/C=C\C/C=C\C/C=C\CCC(=O)OC(COCCCCCC/C=C\C/C=C\C/C=C\C/C=C\C/C=C\CC)COC1OC(CO)C(O)C(O)C1O. The van der Waals surface area contributed by atoms with Crippen molar-refractivity contribution in [2.24, 2.45) is 0 Å². The van der Waals surface area contributed by atoms with Gasteiger partial charge in [0.25, 0.3) is 0 Å². The second kappa shape index (κ2) is 42.6. The van der Waals surface area contributed by atoms with Crippen molar-refractivity contribution in [3.8, 4) is 0 Å². The number of hydrogen-bond donors (Lipinski definition) is 4. The van der Waals surface area contributed by atoms with Gasteiger partial charge in [-0.1, -0.05) is 160 Å². The van der Waals surface area contributed by atoms with E-state index >= 15 is 0 Å². The molecule has 0 bridgehead atoms. The summed E-state index contributed by atoms with van der Waals surface area (Å²) in [4.78, 5) is 12.8. The molecule has 1 aliphatic heterocycles. The van der Waals surface area contributed by atoms with Gasteiger partial charge >= 0.3 is 5.97 Å². The number of aliphatic hydroxyl groups excluding tert-OH is 4. The van der Waals surface area contributed by atoms with Crippen LogP contribution in [0, 0.1) is 0 Å². The molecule has 1 aliphatic rings. The molecule has 6 unspecified atom stereocenters. The topological polar surface area (TPSA) is 135 Å². The standard InChI is InChI=1S/C53H82O9/c1-3-5-7-9-11-13-15-17-19-21-23-25-27-29-31-33-35-37-39-41-43-59-45-47(46-60-53-52(58)51(57)50(56)48(44-54)62-53)61-49(55)42-40-38-36-34-32-30-28-26-24-22-20-18-16-14-12-10-8-6-4-2/h5-8,11-14,17-20,23-26,29-32,36,38,47-48,50-54,56-58H,3-4,9-10,15-16,21-22,27-28,33-35,37,39-46H2,1-2H3/b7-5-,8-6-,13-11-,14-12-,19-17-,20-18-,25-23-,26-24-,31-29-,32-30-,38-36-. The molecule has 1 saturated heterocycles. The molecule has 0 amide bonds. The van der Waals surface area contributed by atoms with E-state index in [0.29, 0.717) is 13.0 Å². The average Bonchev–Trinajstić information content (AvgIpc) is 3.27. The van der Waals surface area contributed by atoms with Gasteiger partial charge in [0, 0.05) is 13.0 Å². The third-order valence-electron chi connectivity index (χ3n) is 9.58. The maximum atomic E-state index is 12.8. The van der Waals surface area contributed by atoms with Gasteiger partial charge in [-0.25, -0.2) is 0 Å². The second-order valence-electron chi connectivity index (χ2n) is 15.1. The van der Waals surface area contributed by atoms with Gasteiger partial charge in [-0.05, 0) is 96.3 Å². The Morgan fingerprint density at radius 3 is 1.39 bits per heavy atom. The molecule has 62 heavy (non-hydrogen) atoms. The van der Waals surface area contributed by atoms with E-state index in [1.54, 1.807) is 0 Å². The van der Waals surface area contributed by atoms with Gasteiger partial charge in [0.15, 0.2) is 6.29 Å². The molecular formula is C53H82O9. The van der Waals surface area contributed by atoms with E-state index in [9.17, 15) is 25.2 Å². The molecule has 0 radical (unpaired) electrons. The van der Waals surface area contributed by atoms with Gasteiger partial charge in [-0.2, -0.15) is 0 Å². The Labute approximate surface area is 375 Å². The highest BCUT2D eigenvalue weighted by Gasteiger charge is 2.44. The van der Waals surface area contributed by atoms with E-state index in [1.807, 2.05) is 12.2 Å². The van der Waals surface area contributed by atoms with Crippen LogP contribution in [0.3, 0.4) is 0 Å². The molecule has 4 N–H and O–H groups in total. The number of rotatable bonds is 37. The Balaban J connectivity index is 2.36. The molecule has 348 valence electrons. The van der Waals surface area contributed by atoms with Crippen molar-refractivity contribution in [1.82, 2.24) is 0 Å². The molecule has 0 aromatic heterocycles. The minimum atomic E-state index is -1.56. The molecule has 1 rings (SSSR count). The summed E-state index contributed by atoms with van der Waals surface area (Å²) in [5.74, 6) is -0.412. The minimum Gasteiger partial charge on any atom is -0.457 e. The third kappa shape index (κ3) is 33.0. The summed E-state index contributed by atoms with van der Waals surface area (Å²) >= 11 is 0. The highest BCUT2D eigenvalue weighted by Crippen LogP contribution is 2.22. The highest BCUT2D eigenvalue weighted by molar-refractivity contribution is 5.69. The fourth-order valence-corrected chi connectivity index (χ4v) is 6.01. The Bertz CT molecular complexity index is 1400. The van der Waals surface area contributed by atoms with Gasteiger partial charge in [0.2, 0.25) is 0 Å². The number of carbonyl (C=O) groups is 1. The number of hydrogen-bond acceptors (Lipinski definition) is 9. The zero-order chi connectivity index (χ0) is 45.0. The molecule has 9 heteroatoms. The maximum absolute atomic E-state index is 12.8. The monoisotopic (exact) mass is 863 g/mol. The van der Waals surface area contributed by atoms with E-state index in [0.717, 1.165) is 103 Å². The van der Waals surface area contributed by atoms with Crippen molar-refractivity contribution in [2.45, 2.75) is 166 Å². The molecule has 0 aromatic carbocycles. The van der Waals surface area contributed by atoms with E-state index in [4.69, 9.17) is 18.9 Å². The predicted octanol–water partition coefficient (Wildman–Crippen LogP) is 10.9. The van der Waals surface area contributed by atoms with Crippen LogP contribution in [0.5, 0.6) is 0 Å². The minimum absolute atomic E-state index is 0.0864. The molecule has 0 aromatic rings. The van der Waals surface area contributed by atoms with Gasteiger partial charge in [0.05, 0.1) is 19.8 Å². The second-order valence-corrected chi connectivity index (χ2v) is 15.1. The Kier molecular flexibility index (Phi) is 38.7. The maximum Gasteiger partial charge on any atom is 0.306 e. The smallest absolute Gasteiger partial charge is 0.306 e. The van der Waals surface area contributed by atoms with Gasteiger partial charge in [-0.15, -0.1) is 0 Å². The summed E-state index contributed by atoms with van der Waals surface area (Å²) in [6.45, 7) is 4.14. The van der Waals surface area contributed by atoms with E-state index in [1.165, 1.54) is 0 Å². The van der Waals surface area contributed by atoms with Crippen LogP contribution in [0.15, 0.2) is 134 Å². The quantitative estimate of drug-likeness (QED) is 0.0273. The van der Waals surface area contributed by atoms with Crippen molar-refractivity contribution < 1.29 is 44.2 Å². The lowest BCUT2D eigenvalue weighted by Crippen LogP contribution is -2.59. The summed E-state index contributed by atoms with van der Waals surface area (Å²) in [6.07, 6.45) is 56.3. The van der Waals surface area contributed by atoms with E-state index in [2.05, 4.69) is 135 Å². The van der Waals surface area contributed by atoms with Crippen molar-refractivity contribution >= 4 is 5.97 Å². The van der Waals surface area contributed by atoms with Crippen molar-refractivity contribution in [1.29, 1.82) is 0 Å². The molecular weight excluding hydrogens is 781 g/mol. The fourth-order valence-electron chi connectivity index (χ4n) is 6.01. The summed E-state index contributed by atoms with van der Waals surface area (Å²) in [5, 5.41) is 40.2. The van der Waals surface area contributed by atoms with E-state index in [-0.39, 0.29) is 19.6 Å². The van der Waals surface area contributed by atoms with Crippen molar-refractivity contribution in [2.75, 3.05) is 26.4 Å². The first-order chi connectivity index (χ1) is 30.4. The van der Waals surface area contributed by atoms with Gasteiger partial charge in [0.1, 0.15) is 30.5 Å². The average molecular weight is 863 g/mol. The molecule has 0 spiro atoms. The van der Waals surface area contributed by atoms with Crippen LogP contribution in [-0.2, 0) is 23.7 Å². The highest BCUT2D eigenvalue weighted by atomic mass is 16.7. The zero-order valence-corrected chi connectivity index (χ0v) is 38.1. The summed E-state index contributed by atoms with van der Waals surface area (Å²) in [5.41, 5.74) is 0. The number of unbranched alkanes of at least 4 members (excludes halogenated alkanes) is 4. The fraction of sp³-hybridized carbons (Fsp3) is 0.566. The molecule has 1 fully saturated rings. The first-order valence-electron chi connectivity index (χ1n) is 23.3. The lowest BCUT2D eigenvalue weighted by atomic mass is 9.99. The van der Waals surface area contributed by atoms with Crippen LogP contribution in [-0.4, -0.2) is 89.6 Å². The van der Waals surface area contributed by atoms with Crippen LogP contribution in [0.25, 0.3) is 0 Å². The largest absolute Gasteiger partial charge is 0.457 e. The molecule has 9 nitrogen and oxygen atoms in total. The van der Waals surface area contributed by atoms with Gasteiger partial charge < -0.3 is 39.4 Å². The summed E-state index contributed by atoms with van der Waals surface area (Å²) in [7, 11) is 0. The molecule has 1 heterocycles. The molecule has 0 saturated carbocycles. The Hall–Kier alpha value is -3.67. The van der Waals surface area contributed by atoms with E-state index < -0.39 is 49.4 Å². The Morgan fingerprint density at radius 2 is 0.935 bits per heavy atom. The first kappa shape index (κ1) is 56.3. The Morgan fingerprint density at radius 1 is 0.516 bits per heavy atom. The molecule has 6 atom stereocenters. The van der Waals surface area contributed by atoms with Crippen LogP contribution in [0.1, 0.15) is 129 Å².